The first-order chi connectivity index (χ1) is 12.3. The Hall–Kier alpha value is -2.70. The first kappa shape index (κ1) is 15.8. The van der Waals surface area contributed by atoms with Crippen molar-refractivity contribution in [1.82, 2.24) is 9.55 Å². The van der Waals surface area contributed by atoms with Crippen molar-refractivity contribution in [3.8, 4) is 5.75 Å². The van der Waals surface area contributed by atoms with Crippen LogP contribution in [0.3, 0.4) is 0 Å². The third-order valence-electron chi connectivity index (χ3n) is 4.55. The number of rotatable bonds is 6. The summed E-state index contributed by atoms with van der Waals surface area (Å²) in [6, 6.07) is 11.4. The molecule has 4 rings (SSSR count). The molecule has 1 aliphatic heterocycles. The fraction of sp³-hybridized carbons (Fsp3) is 0.263. The Kier molecular flexibility index (Phi) is 4.21. The standard InChI is InChI=1S/C19H18N2O4/c1-23-16-6-2-4-13-7-9-21(18(13)16)17(14-5-3-8-20-10-14)15(11-22)19-24-12-25-19/h2-11,15,17,19H,12H2,1H3. The van der Waals surface area contributed by atoms with Crippen LogP contribution in [0, 0.1) is 5.92 Å². The molecule has 6 heteroatoms. The van der Waals surface area contributed by atoms with E-state index in [2.05, 4.69) is 4.98 Å². The number of nitrogens with zero attached hydrogens (tertiary/aromatic N) is 2. The molecule has 0 N–H and O–H groups in total. The van der Waals surface area contributed by atoms with Crippen molar-refractivity contribution in [3.63, 3.8) is 0 Å². The summed E-state index contributed by atoms with van der Waals surface area (Å²) in [5, 5.41) is 1.04. The smallest absolute Gasteiger partial charge is 0.175 e. The lowest BCUT2D eigenvalue weighted by atomic mass is 9.93. The van der Waals surface area contributed by atoms with Gasteiger partial charge in [0.1, 0.15) is 12.0 Å². The van der Waals surface area contributed by atoms with E-state index in [9.17, 15) is 4.79 Å². The molecule has 0 amide bonds. The third kappa shape index (κ3) is 2.69. The largest absolute Gasteiger partial charge is 0.495 e. The molecule has 6 nitrogen and oxygen atoms in total. The van der Waals surface area contributed by atoms with Gasteiger partial charge in [-0.15, -0.1) is 0 Å². The van der Waals surface area contributed by atoms with E-state index in [1.54, 1.807) is 19.5 Å². The predicted molar refractivity (Wildman–Crippen MR) is 91.2 cm³/mol. The fourth-order valence-corrected chi connectivity index (χ4v) is 3.36. The second-order valence-electron chi connectivity index (χ2n) is 5.89. The Morgan fingerprint density at radius 2 is 2.16 bits per heavy atom. The molecular weight excluding hydrogens is 320 g/mol. The van der Waals surface area contributed by atoms with Crippen molar-refractivity contribution in [2.24, 2.45) is 5.92 Å². The molecule has 2 atom stereocenters. The number of methoxy groups -OCH3 is 1. The van der Waals surface area contributed by atoms with Gasteiger partial charge in [-0.05, 0) is 23.8 Å². The van der Waals surface area contributed by atoms with Crippen LogP contribution in [-0.2, 0) is 14.3 Å². The number of pyridine rings is 1. The van der Waals surface area contributed by atoms with Crippen LogP contribution in [0.5, 0.6) is 5.75 Å². The van der Waals surface area contributed by atoms with Gasteiger partial charge >= 0.3 is 0 Å². The molecule has 2 aromatic heterocycles. The van der Waals surface area contributed by atoms with E-state index in [4.69, 9.17) is 14.2 Å². The van der Waals surface area contributed by atoms with Gasteiger partial charge in [-0.25, -0.2) is 0 Å². The van der Waals surface area contributed by atoms with Gasteiger partial charge in [0.15, 0.2) is 13.1 Å². The average Bonchev–Trinajstić information content (AvgIpc) is 3.04. The number of para-hydroxylation sites is 1. The van der Waals surface area contributed by atoms with Gasteiger partial charge in [0.2, 0.25) is 0 Å². The fourth-order valence-electron chi connectivity index (χ4n) is 3.36. The van der Waals surface area contributed by atoms with Crippen LogP contribution in [-0.4, -0.2) is 36.0 Å². The second-order valence-corrected chi connectivity index (χ2v) is 5.89. The Morgan fingerprint density at radius 3 is 2.80 bits per heavy atom. The molecule has 0 bridgehead atoms. The highest BCUT2D eigenvalue weighted by Gasteiger charge is 2.38. The average molecular weight is 338 g/mol. The SMILES string of the molecule is COc1cccc2ccn(C(c3cccnc3)C(C=O)C3OCO3)c12. The summed E-state index contributed by atoms with van der Waals surface area (Å²) in [5.74, 6) is 0.245. The quantitative estimate of drug-likeness (QED) is 0.647. The molecule has 1 aromatic carbocycles. The van der Waals surface area contributed by atoms with Crippen LogP contribution < -0.4 is 4.74 Å². The van der Waals surface area contributed by atoms with Crippen molar-refractivity contribution < 1.29 is 19.0 Å². The topological polar surface area (TPSA) is 62.6 Å². The highest BCUT2D eigenvalue weighted by atomic mass is 16.8. The van der Waals surface area contributed by atoms with Gasteiger partial charge in [-0.1, -0.05) is 18.2 Å². The van der Waals surface area contributed by atoms with Gasteiger partial charge in [-0.3, -0.25) is 4.98 Å². The molecule has 3 heterocycles. The minimum atomic E-state index is -0.560. The van der Waals surface area contributed by atoms with Gasteiger partial charge in [-0.2, -0.15) is 0 Å². The van der Waals surface area contributed by atoms with E-state index in [0.29, 0.717) is 0 Å². The molecule has 1 saturated heterocycles. The van der Waals surface area contributed by atoms with Gasteiger partial charge in [0, 0.05) is 24.0 Å². The van der Waals surface area contributed by atoms with Crippen LogP contribution in [0.4, 0.5) is 0 Å². The summed E-state index contributed by atoms with van der Waals surface area (Å²) in [6.07, 6.45) is 5.76. The van der Waals surface area contributed by atoms with Gasteiger partial charge in [0.25, 0.3) is 0 Å². The highest BCUT2D eigenvalue weighted by Crippen LogP contribution is 2.37. The summed E-state index contributed by atoms with van der Waals surface area (Å²) < 4.78 is 18.4. The minimum Gasteiger partial charge on any atom is -0.495 e. The summed E-state index contributed by atoms with van der Waals surface area (Å²) in [7, 11) is 1.64. The Bertz CT molecular complexity index is 874. The molecule has 128 valence electrons. The zero-order valence-corrected chi connectivity index (χ0v) is 13.7. The van der Waals surface area contributed by atoms with E-state index in [1.165, 1.54) is 0 Å². The number of ether oxygens (including phenoxy) is 3. The van der Waals surface area contributed by atoms with E-state index >= 15 is 0 Å². The Balaban J connectivity index is 1.90. The zero-order chi connectivity index (χ0) is 17.2. The van der Waals surface area contributed by atoms with E-state index in [-0.39, 0.29) is 12.8 Å². The van der Waals surface area contributed by atoms with Crippen LogP contribution >= 0.6 is 0 Å². The Labute approximate surface area is 144 Å². The maximum Gasteiger partial charge on any atom is 0.175 e. The van der Waals surface area contributed by atoms with Crippen molar-refractivity contribution >= 4 is 17.2 Å². The monoisotopic (exact) mass is 338 g/mol. The van der Waals surface area contributed by atoms with Crippen LogP contribution in [0.1, 0.15) is 11.6 Å². The van der Waals surface area contributed by atoms with Crippen molar-refractivity contribution in [2.75, 3.05) is 13.9 Å². The van der Waals surface area contributed by atoms with E-state index < -0.39 is 12.2 Å². The maximum atomic E-state index is 11.9. The number of carbonyl (C=O) groups excluding carboxylic acids is 1. The summed E-state index contributed by atoms with van der Waals surface area (Å²) >= 11 is 0. The molecule has 0 saturated carbocycles. The molecule has 1 aliphatic rings. The lowest BCUT2D eigenvalue weighted by Crippen LogP contribution is -2.42. The number of fused-ring (bicyclic) bond motifs is 1. The second kappa shape index (κ2) is 6.66. The number of carbonyl (C=O) groups is 1. The normalized spacial score (nSPS) is 17.0. The lowest BCUT2D eigenvalue weighted by Gasteiger charge is -2.36. The van der Waals surface area contributed by atoms with Crippen LogP contribution in [0.25, 0.3) is 10.9 Å². The molecule has 0 spiro atoms. The Morgan fingerprint density at radius 1 is 1.28 bits per heavy atom. The number of aromatic nitrogens is 2. The molecule has 1 fully saturated rings. The first-order valence-corrected chi connectivity index (χ1v) is 8.05. The van der Waals surface area contributed by atoms with Gasteiger partial charge < -0.3 is 23.6 Å². The minimum absolute atomic E-state index is 0.213. The highest BCUT2D eigenvalue weighted by molar-refractivity contribution is 5.86. The number of aldehydes is 1. The predicted octanol–water partition coefficient (Wildman–Crippen LogP) is 2.78. The number of hydrogen-bond acceptors (Lipinski definition) is 5. The summed E-state index contributed by atoms with van der Waals surface area (Å²) in [4.78, 5) is 16.1. The van der Waals surface area contributed by atoms with Crippen molar-refractivity contribution in [3.05, 3.63) is 60.6 Å². The maximum absolute atomic E-state index is 11.9. The van der Waals surface area contributed by atoms with E-state index in [1.807, 2.05) is 47.2 Å². The molecule has 2 unspecified atom stereocenters. The molecule has 25 heavy (non-hydrogen) atoms. The summed E-state index contributed by atoms with van der Waals surface area (Å²) in [5.41, 5.74) is 1.83. The molecular formula is C19H18N2O4. The van der Waals surface area contributed by atoms with Crippen molar-refractivity contribution in [1.29, 1.82) is 0 Å². The van der Waals surface area contributed by atoms with E-state index in [0.717, 1.165) is 28.5 Å². The molecule has 3 aromatic rings. The summed E-state index contributed by atoms with van der Waals surface area (Å²) in [6.45, 7) is 0.213. The third-order valence-corrected chi connectivity index (χ3v) is 4.55. The lowest BCUT2D eigenvalue weighted by molar-refractivity contribution is -0.336. The first-order valence-electron chi connectivity index (χ1n) is 8.05. The molecule has 0 radical (unpaired) electrons. The number of hydrogen-bond donors (Lipinski definition) is 0. The van der Waals surface area contributed by atoms with Crippen LogP contribution in [0.2, 0.25) is 0 Å². The van der Waals surface area contributed by atoms with Crippen molar-refractivity contribution in [2.45, 2.75) is 12.3 Å². The van der Waals surface area contributed by atoms with Crippen LogP contribution in [0.15, 0.2) is 55.0 Å². The molecule has 0 aliphatic carbocycles. The number of benzene rings is 1. The zero-order valence-electron chi connectivity index (χ0n) is 13.7. The van der Waals surface area contributed by atoms with Gasteiger partial charge in [0.05, 0.1) is 24.6 Å².